The first-order valence-electron chi connectivity index (χ1n) is 8.74. The summed E-state index contributed by atoms with van der Waals surface area (Å²) in [6.07, 6.45) is 0. The van der Waals surface area contributed by atoms with Crippen molar-refractivity contribution in [3.05, 3.63) is 81.8 Å². The number of carbonyl (C=O) groups excluding carboxylic acids is 1. The lowest BCUT2D eigenvalue weighted by atomic mass is 10.2. The number of amides is 1. The first-order valence-corrected chi connectivity index (χ1v) is 11.0. The van der Waals surface area contributed by atoms with Crippen molar-refractivity contribution in [1.82, 2.24) is 0 Å². The molecule has 3 aromatic rings. The highest BCUT2D eigenvalue weighted by Gasteiger charge is 2.21. The summed E-state index contributed by atoms with van der Waals surface area (Å²) in [6.45, 7) is 1.78. The summed E-state index contributed by atoms with van der Waals surface area (Å²) in [5.74, 6) is -0.129. The van der Waals surface area contributed by atoms with Crippen LogP contribution >= 0.6 is 23.2 Å². The minimum absolute atomic E-state index is 0.00651. The molecule has 0 aromatic heterocycles. The highest BCUT2D eigenvalue weighted by atomic mass is 35.5. The number of rotatable bonds is 6. The van der Waals surface area contributed by atoms with Crippen LogP contribution in [0.4, 0.5) is 11.4 Å². The fourth-order valence-electron chi connectivity index (χ4n) is 2.71. The fraction of sp³-hybridized carbons (Fsp3) is 0.0952. The largest absolute Gasteiger partial charge is 0.495 e. The van der Waals surface area contributed by atoms with Crippen molar-refractivity contribution in [2.75, 3.05) is 17.1 Å². The molecule has 0 bridgehead atoms. The maximum atomic E-state index is 12.9. The molecule has 6 nitrogen and oxygen atoms in total. The third kappa shape index (κ3) is 4.87. The molecule has 0 saturated heterocycles. The number of sulfonamides is 1. The van der Waals surface area contributed by atoms with Gasteiger partial charge in [-0.25, -0.2) is 8.42 Å². The second-order valence-electron chi connectivity index (χ2n) is 6.36. The number of hydrogen-bond acceptors (Lipinski definition) is 4. The molecule has 0 heterocycles. The second kappa shape index (κ2) is 8.95. The molecule has 2 N–H and O–H groups in total. The van der Waals surface area contributed by atoms with Crippen molar-refractivity contribution < 1.29 is 17.9 Å². The smallest absolute Gasteiger partial charge is 0.263 e. The van der Waals surface area contributed by atoms with E-state index in [-0.39, 0.29) is 15.5 Å². The van der Waals surface area contributed by atoms with Crippen LogP contribution in [0.2, 0.25) is 10.0 Å². The average Bonchev–Trinajstić information content (AvgIpc) is 2.70. The molecule has 156 valence electrons. The maximum Gasteiger partial charge on any atom is 0.263 e. The summed E-state index contributed by atoms with van der Waals surface area (Å²) in [6, 6.07) is 15.7. The van der Waals surface area contributed by atoms with Gasteiger partial charge in [-0.1, -0.05) is 41.4 Å². The molecular weight excluding hydrogens is 447 g/mol. The van der Waals surface area contributed by atoms with Gasteiger partial charge in [0.2, 0.25) is 0 Å². The van der Waals surface area contributed by atoms with E-state index in [1.807, 2.05) is 0 Å². The van der Waals surface area contributed by atoms with Gasteiger partial charge in [0.15, 0.2) is 0 Å². The molecule has 3 rings (SSSR count). The van der Waals surface area contributed by atoms with Gasteiger partial charge in [0.25, 0.3) is 15.9 Å². The Labute approximate surface area is 184 Å². The quantitative estimate of drug-likeness (QED) is 0.513. The normalized spacial score (nSPS) is 11.1. The van der Waals surface area contributed by atoms with E-state index in [1.54, 1.807) is 43.3 Å². The molecule has 0 unspecified atom stereocenters. The van der Waals surface area contributed by atoms with Gasteiger partial charge in [-0.05, 0) is 55.0 Å². The third-order valence-corrected chi connectivity index (χ3v) is 6.36. The zero-order valence-electron chi connectivity index (χ0n) is 16.1. The van der Waals surface area contributed by atoms with Crippen LogP contribution in [0.1, 0.15) is 15.9 Å². The molecular formula is C21H18Cl2N2O4S. The van der Waals surface area contributed by atoms with Crippen LogP contribution in [0.15, 0.2) is 65.6 Å². The molecule has 3 aromatic carbocycles. The van der Waals surface area contributed by atoms with E-state index in [0.29, 0.717) is 22.1 Å². The number of aryl methyl sites for hydroxylation is 1. The van der Waals surface area contributed by atoms with Crippen molar-refractivity contribution in [2.24, 2.45) is 0 Å². The number of para-hydroxylation sites is 1. The molecule has 30 heavy (non-hydrogen) atoms. The number of methoxy groups -OCH3 is 1. The first-order chi connectivity index (χ1) is 14.2. The topological polar surface area (TPSA) is 84.5 Å². The van der Waals surface area contributed by atoms with E-state index in [0.717, 1.165) is 5.56 Å². The summed E-state index contributed by atoms with van der Waals surface area (Å²) >= 11 is 12.1. The molecule has 0 fully saturated rings. The minimum Gasteiger partial charge on any atom is -0.495 e. The molecule has 0 atom stereocenters. The number of anilines is 2. The van der Waals surface area contributed by atoms with Crippen molar-refractivity contribution >= 4 is 50.5 Å². The summed E-state index contributed by atoms with van der Waals surface area (Å²) < 4.78 is 33.5. The Morgan fingerprint density at radius 3 is 2.40 bits per heavy atom. The molecule has 0 spiro atoms. The number of halogens is 2. The highest BCUT2D eigenvalue weighted by Crippen LogP contribution is 2.30. The van der Waals surface area contributed by atoms with Crippen LogP contribution in [0.3, 0.4) is 0 Å². The Kier molecular flexibility index (Phi) is 6.55. The van der Waals surface area contributed by atoms with E-state index < -0.39 is 15.9 Å². The summed E-state index contributed by atoms with van der Waals surface area (Å²) in [5, 5.41) is 3.07. The predicted molar refractivity (Wildman–Crippen MR) is 119 cm³/mol. The summed E-state index contributed by atoms with van der Waals surface area (Å²) in [7, 11) is -2.56. The van der Waals surface area contributed by atoms with E-state index in [1.165, 1.54) is 31.4 Å². The van der Waals surface area contributed by atoms with Crippen LogP contribution in [0.25, 0.3) is 0 Å². The Hall–Kier alpha value is -2.74. The standard InChI is InChI=1S/C21H18Cl2N2O4S/c1-13-5-3-4-6-17(13)25-30(27,28)20-11-14(7-9-16(20)23)21(26)24-18-12-15(22)8-10-19(18)29-2/h3-12,25H,1-2H3,(H,24,26). The SMILES string of the molecule is COc1ccc(Cl)cc1NC(=O)c1ccc(Cl)c(S(=O)(=O)Nc2ccccc2C)c1. The molecule has 9 heteroatoms. The lowest BCUT2D eigenvalue weighted by Gasteiger charge is -2.14. The Morgan fingerprint density at radius 2 is 1.70 bits per heavy atom. The average molecular weight is 465 g/mol. The van der Waals surface area contributed by atoms with Crippen LogP contribution in [0.5, 0.6) is 5.75 Å². The highest BCUT2D eigenvalue weighted by molar-refractivity contribution is 7.92. The number of ether oxygens (including phenoxy) is 1. The van der Waals surface area contributed by atoms with E-state index in [9.17, 15) is 13.2 Å². The lowest BCUT2D eigenvalue weighted by molar-refractivity contribution is 0.102. The maximum absolute atomic E-state index is 12.9. The van der Waals surface area contributed by atoms with Gasteiger partial charge in [-0.15, -0.1) is 0 Å². The first kappa shape index (κ1) is 22.0. The third-order valence-electron chi connectivity index (χ3n) is 4.28. The Morgan fingerprint density at radius 1 is 0.967 bits per heavy atom. The van der Waals surface area contributed by atoms with Gasteiger partial charge < -0.3 is 10.1 Å². The lowest BCUT2D eigenvalue weighted by Crippen LogP contribution is -2.17. The molecule has 0 aliphatic rings. The summed E-state index contributed by atoms with van der Waals surface area (Å²) in [5.41, 5.74) is 1.63. The van der Waals surface area contributed by atoms with Crippen LogP contribution in [0, 0.1) is 6.92 Å². The van der Waals surface area contributed by atoms with Crippen LogP contribution < -0.4 is 14.8 Å². The zero-order valence-corrected chi connectivity index (χ0v) is 18.4. The molecule has 0 saturated carbocycles. The van der Waals surface area contributed by atoms with Crippen molar-refractivity contribution in [2.45, 2.75) is 11.8 Å². The van der Waals surface area contributed by atoms with Gasteiger partial charge >= 0.3 is 0 Å². The fourth-order valence-corrected chi connectivity index (χ4v) is 4.54. The molecule has 0 aliphatic carbocycles. The monoisotopic (exact) mass is 464 g/mol. The Bertz CT molecular complexity index is 1210. The predicted octanol–water partition coefficient (Wildman–Crippen LogP) is 5.36. The van der Waals surface area contributed by atoms with E-state index >= 15 is 0 Å². The minimum atomic E-state index is -4.02. The number of nitrogens with one attached hydrogen (secondary N) is 2. The zero-order chi connectivity index (χ0) is 21.9. The number of carbonyl (C=O) groups is 1. The van der Waals surface area contributed by atoms with Gasteiger partial charge in [0.1, 0.15) is 10.6 Å². The van der Waals surface area contributed by atoms with Crippen molar-refractivity contribution in [1.29, 1.82) is 0 Å². The molecule has 0 aliphatic heterocycles. The van der Waals surface area contributed by atoms with Crippen molar-refractivity contribution in [3.63, 3.8) is 0 Å². The van der Waals surface area contributed by atoms with Gasteiger partial charge in [-0.2, -0.15) is 0 Å². The van der Waals surface area contributed by atoms with Gasteiger partial charge in [0, 0.05) is 10.6 Å². The summed E-state index contributed by atoms with van der Waals surface area (Å²) in [4.78, 5) is 12.5. The number of hydrogen-bond donors (Lipinski definition) is 2. The Balaban J connectivity index is 1.92. The second-order valence-corrected chi connectivity index (χ2v) is 8.86. The van der Waals surface area contributed by atoms with E-state index in [4.69, 9.17) is 27.9 Å². The molecule has 1 amide bonds. The molecule has 0 radical (unpaired) electrons. The van der Waals surface area contributed by atoms with E-state index in [2.05, 4.69) is 10.0 Å². The van der Waals surface area contributed by atoms with Crippen LogP contribution in [-0.2, 0) is 10.0 Å². The van der Waals surface area contributed by atoms with Gasteiger partial charge in [-0.3, -0.25) is 9.52 Å². The number of benzene rings is 3. The van der Waals surface area contributed by atoms with Gasteiger partial charge in [0.05, 0.1) is 23.5 Å². The van der Waals surface area contributed by atoms with Crippen molar-refractivity contribution in [3.8, 4) is 5.75 Å². The van der Waals surface area contributed by atoms with Crippen LogP contribution in [-0.4, -0.2) is 21.4 Å².